The summed E-state index contributed by atoms with van der Waals surface area (Å²) in [5.41, 5.74) is 14.1. The maximum atomic E-state index is 6.47. The van der Waals surface area contributed by atoms with E-state index in [2.05, 4.69) is 146 Å². The summed E-state index contributed by atoms with van der Waals surface area (Å²) in [4.78, 5) is 2.44. The van der Waals surface area contributed by atoms with Crippen molar-refractivity contribution < 1.29 is 8.83 Å². The van der Waals surface area contributed by atoms with Gasteiger partial charge in [-0.15, -0.1) is 0 Å². The molecule has 3 heteroatoms. The summed E-state index contributed by atoms with van der Waals surface area (Å²) in [6, 6.07) is 54.0. The van der Waals surface area contributed by atoms with E-state index in [0.29, 0.717) is 0 Å². The second-order valence-corrected chi connectivity index (χ2v) is 13.3. The number of rotatable bonds is 4. The van der Waals surface area contributed by atoms with Crippen molar-refractivity contribution in [1.29, 1.82) is 0 Å². The summed E-state index contributed by atoms with van der Waals surface area (Å²) >= 11 is 0. The average Bonchev–Trinajstić information content (AvgIpc) is 3.77. The molecule has 0 fully saturated rings. The van der Waals surface area contributed by atoms with Gasteiger partial charge in [-0.1, -0.05) is 117 Å². The molecule has 0 amide bonds. The molecule has 0 N–H and O–H groups in total. The van der Waals surface area contributed by atoms with E-state index in [-0.39, 0.29) is 5.41 Å². The molecule has 48 heavy (non-hydrogen) atoms. The third-order valence-electron chi connectivity index (χ3n) is 10.3. The molecule has 0 saturated heterocycles. The van der Waals surface area contributed by atoms with Crippen LogP contribution in [0.15, 0.2) is 160 Å². The van der Waals surface area contributed by atoms with Crippen LogP contribution in [0.1, 0.15) is 25.0 Å². The Bertz CT molecular complexity index is 2730. The van der Waals surface area contributed by atoms with Crippen molar-refractivity contribution in [1.82, 2.24) is 0 Å². The third kappa shape index (κ3) is 3.76. The van der Waals surface area contributed by atoms with Crippen LogP contribution < -0.4 is 4.90 Å². The maximum absolute atomic E-state index is 6.47. The van der Waals surface area contributed by atoms with Crippen molar-refractivity contribution in [2.75, 3.05) is 4.90 Å². The Morgan fingerprint density at radius 1 is 0.438 bits per heavy atom. The van der Waals surface area contributed by atoms with E-state index in [4.69, 9.17) is 8.83 Å². The molecule has 1 aliphatic carbocycles. The minimum absolute atomic E-state index is 0.208. The lowest BCUT2D eigenvalue weighted by molar-refractivity contribution is 0.660. The summed E-state index contributed by atoms with van der Waals surface area (Å²) < 4.78 is 12.8. The summed E-state index contributed by atoms with van der Waals surface area (Å²) in [5, 5.41) is 4.48. The smallest absolute Gasteiger partial charge is 0.137 e. The van der Waals surface area contributed by atoms with Crippen LogP contribution in [0.2, 0.25) is 0 Å². The Labute approximate surface area is 278 Å². The van der Waals surface area contributed by atoms with Crippen LogP contribution in [0.4, 0.5) is 17.1 Å². The van der Waals surface area contributed by atoms with Crippen molar-refractivity contribution in [3.63, 3.8) is 0 Å². The SMILES string of the molecule is CC1(C)c2ccccc2-c2cccc(N(c3ccc4c(c3)oc3ccccc34)c3ccccc3-c3cccc4oc5ccccc5c34)c21. The maximum Gasteiger partial charge on any atom is 0.137 e. The number of fused-ring (bicyclic) bond motifs is 9. The molecule has 3 nitrogen and oxygen atoms in total. The van der Waals surface area contributed by atoms with Crippen molar-refractivity contribution in [3.8, 4) is 22.3 Å². The van der Waals surface area contributed by atoms with Gasteiger partial charge in [-0.05, 0) is 70.3 Å². The molecule has 0 bridgehead atoms. The summed E-state index contributed by atoms with van der Waals surface area (Å²) in [6.45, 7) is 4.71. The average molecular weight is 618 g/mol. The van der Waals surface area contributed by atoms with E-state index >= 15 is 0 Å². The number of para-hydroxylation sites is 3. The van der Waals surface area contributed by atoms with Gasteiger partial charge in [0, 0.05) is 44.3 Å². The highest BCUT2D eigenvalue weighted by Gasteiger charge is 2.39. The topological polar surface area (TPSA) is 29.5 Å². The fraction of sp³-hybridized carbons (Fsp3) is 0.0667. The van der Waals surface area contributed by atoms with E-state index in [1.54, 1.807) is 0 Å². The Morgan fingerprint density at radius 3 is 1.90 bits per heavy atom. The zero-order valence-corrected chi connectivity index (χ0v) is 26.7. The number of anilines is 3. The first-order chi connectivity index (χ1) is 23.6. The Balaban J connectivity index is 1.28. The Morgan fingerprint density at radius 2 is 1.02 bits per heavy atom. The van der Waals surface area contributed by atoms with Crippen LogP contribution in [0.25, 0.3) is 66.1 Å². The van der Waals surface area contributed by atoms with E-state index in [9.17, 15) is 0 Å². The predicted octanol–water partition coefficient (Wildman–Crippen LogP) is 12.9. The minimum atomic E-state index is -0.208. The second-order valence-electron chi connectivity index (χ2n) is 13.3. The van der Waals surface area contributed by atoms with Crippen LogP contribution in [0.5, 0.6) is 0 Å². The van der Waals surface area contributed by atoms with Gasteiger partial charge >= 0.3 is 0 Å². The normalized spacial score (nSPS) is 13.4. The fourth-order valence-corrected chi connectivity index (χ4v) is 8.16. The zero-order chi connectivity index (χ0) is 32.0. The van der Waals surface area contributed by atoms with Crippen LogP contribution >= 0.6 is 0 Å². The molecule has 0 spiro atoms. The van der Waals surface area contributed by atoms with Gasteiger partial charge in [0.1, 0.15) is 22.3 Å². The first-order valence-electron chi connectivity index (χ1n) is 16.5. The predicted molar refractivity (Wildman–Crippen MR) is 199 cm³/mol. The Hall–Kier alpha value is -6.06. The van der Waals surface area contributed by atoms with Crippen molar-refractivity contribution in [2.45, 2.75) is 19.3 Å². The molecule has 7 aromatic carbocycles. The molecule has 0 unspecified atom stereocenters. The van der Waals surface area contributed by atoms with Crippen molar-refractivity contribution in [2.24, 2.45) is 0 Å². The lowest BCUT2D eigenvalue weighted by Gasteiger charge is -2.33. The zero-order valence-electron chi connectivity index (χ0n) is 26.7. The molecule has 2 aromatic heterocycles. The molecule has 0 radical (unpaired) electrons. The van der Waals surface area contributed by atoms with Crippen molar-refractivity contribution >= 4 is 60.9 Å². The van der Waals surface area contributed by atoms with E-state index < -0.39 is 0 Å². The van der Waals surface area contributed by atoms with Crippen LogP contribution in [-0.2, 0) is 5.41 Å². The van der Waals surface area contributed by atoms with Gasteiger partial charge in [0.15, 0.2) is 0 Å². The van der Waals surface area contributed by atoms with E-state index in [0.717, 1.165) is 72.1 Å². The molecule has 9 aromatic rings. The number of nitrogens with zero attached hydrogens (tertiary/aromatic N) is 1. The fourth-order valence-electron chi connectivity index (χ4n) is 8.16. The second kappa shape index (κ2) is 9.97. The summed E-state index contributed by atoms with van der Waals surface area (Å²) in [7, 11) is 0. The minimum Gasteiger partial charge on any atom is -0.456 e. The summed E-state index contributed by atoms with van der Waals surface area (Å²) in [5.74, 6) is 0. The molecule has 1 aliphatic rings. The molecule has 10 rings (SSSR count). The lowest BCUT2D eigenvalue weighted by Crippen LogP contribution is -2.21. The molecule has 0 aliphatic heterocycles. The standard InChI is InChI=1S/C45H31NO2/c1-45(2)36-19-7-3-13-29(36)34-18-11-21-38(44(34)45)46(28-25-26-32-31-15-5-9-22-39(31)48-42(32)27-28)37-20-8-4-14-30(37)33-17-12-24-41-43(33)35-16-6-10-23-40(35)47-41/h3-27H,1-2H3. The quantitative estimate of drug-likeness (QED) is 0.197. The van der Waals surface area contributed by atoms with Crippen molar-refractivity contribution in [3.05, 3.63) is 163 Å². The van der Waals surface area contributed by atoms with Gasteiger partial charge in [-0.25, -0.2) is 0 Å². The van der Waals surface area contributed by atoms with Gasteiger partial charge in [-0.3, -0.25) is 0 Å². The van der Waals surface area contributed by atoms with E-state index in [1.807, 2.05) is 24.3 Å². The highest BCUT2D eigenvalue weighted by molar-refractivity contribution is 6.14. The molecule has 2 heterocycles. The van der Waals surface area contributed by atoms with Gasteiger partial charge in [0.2, 0.25) is 0 Å². The number of hydrogen-bond donors (Lipinski definition) is 0. The third-order valence-corrected chi connectivity index (χ3v) is 10.3. The first-order valence-corrected chi connectivity index (χ1v) is 16.5. The molecular weight excluding hydrogens is 587 g/mol. The van der Waals surface area contributed by atoms with Gasteiger partial charge in [0.05, 0.1) is 11.4 Å². The molecular formula is C45H31NO2. The van der Waals surface area contributed by atoms with Crippen LogP contribution in [-0.4, -0.2) is 0 Å². The number of hydrogen-bond acceptors (Lipinski definition) is 3. The molecule has 0 atom stereocenters. The molecule has 228 valence electrons. The number of furan rings is 2. The van der Waals surface area contributed by atoms with Gasteiger partial charge in [-0.2, -0.15) is 0 Å². The Kier molecular flexibility index (Phi) is 5.63. The van der Waals surface area contributed by atoms with E-state index in [1.165, 1.54) is 22.3 Å². The lowest BCUT2D eigenvalue weighted by atomic mass is 9.81. The van der Waals surface area contributed by atoms with Crippen LogP contribution in [0.3, 0.4) is 0 Å². The van der Waals surface area contributed by atoms with Gasteiger partial charge in [0.25, 0.3) is 0 Å². The summed E-state index contributed by atoms with van der Waals surface area (Å²) in [6.07, 6.45) is 0. The monoisotopic (exact) mass is 617 g/mol. The molecule has 0 saturated carbocycles. The highest BCUT2D eigenvalue weighted by atomic mass is 16.3. The number of benzene rings is 7. The highest BCUT2D eigenvalue weighted by Crippen LogP contribution is 2.55. The largest absolute Gasteiger partial charge is 0.456 e. The first kappa shape index (κ1) is 27.1. The van der Waals surface area contributed by atoms with Gasteiger partial charge < -0.3 is 13.7 Å². The van der Waals surface area contributed by atoms with Crippen LogP contribution in [0, 0.1) is 0 Å².